The molecule has 0 saturated carbocycles. The lowest BCUT2D eigenvalue weighted by molar-refractivity contribution is 0.0467. The van der Waals surface area contributed by atoms with Crippen LogP contribution in [0.4, 0.5) is 0 Å². The van der Waals surface area contributed by atoms with Gasteiger partial charge in [0.05, 0.1) is 5.60 Å². The molecule has 6 nitrogen and oxygen atoms in total. The molecule has 17 heavy (non-hydrogen) atoms. The summed E-state index contributed by atoms with van der Waals surface area (Å²) in [6.45, 7) is 5.81. The molecular formula is C11H20N4O2. The maximum atomic E-state index is 11.7. The summed E-state index contributed by atoms with van der Waals surface area (Å²) in [5.74, 6) is 0.432. The third kappa shape index (κ3) is 4.14. The summed E-state index contributed by atoms with van der Waals surface area (Å²) in [5, 5.41) is 19.0. The van der Waals surface area contributed by atoms with Crippen molar-refractivity contribution in [3.8, 4) is 0 Å². The van der Waals surface area contributed by atoms with Gasteiger partial charge in [-0.1, -0.05) is 20.3 Å². The summed E-state index contributed by atoms with van der Waals surface area (Å²) >= 11 is 0. The first kappa shape index (κ1) is 13.6. The third-order valence-corrected chi connectivity index (χ3v) is 2.49. The van der Waals surface area contributed by atoms with Gasteiger partial charge >= 0.3 is 0 Å². The van der Waals surface area contributed by atoms with E-state index in [1.54, 1.807) is 6.92 Å². The van der Waals surface area contributed by atoms with Crippen LogP contribution in [0.2, 0.25) is 0 Å². The maximum Gasteiger partial charge on any atom is 0.291 e. The zero-order chi connectivity index (χ0) is 12.9. The second-order valence-corrected chi connectivity index (χ2v) is 4.39. The van der Waals surface area contributed by atoms with Gasteiger partial charge in [-0.05, 0) is 13.3 Å². The quantitative estimate of drug-likeness (QED) is 0.680. The fraction of sp³-hybridized carbons (Fsp3) is 0.727. The third-order valence-electron chi connectivity index (χ3n) is 2.49. The van der Waals surface area contributed by atoms with Gasteiger partial charge in [0.25, 0.3) is 5.91 Å². The van der Waals surface area contributed by atoms with Crippen molar-refractivity contribution in [3.63, 3.8) is 0 Å². The van der Waals surface area contributed by atoms with Crippen molar-refractivity contribution in [2.45, 2.75) is 45.6 Å². The molecule has 0 aromatic carbocycles. The predicted molar refractivity (Wildman–Crippen MR) is 63.6 cm³/mol. The molecule has 0 spiro atoms. The van der Waals surface area contributed by atoms with Crippen LogP contribution >= 0.6 is 0 Å². The van der Waals surface area contributed by atoms with Crippen molar-refractivity contribution in [2.24, 2.45) is 0 Å². The van der Waals surface area contributed by atoms with Crippen molar-refractivity contribution in [1.29, 1.82) is 0 Å². The van der Waals surface area contributed by atoms with E-state index in [0.717, 1.165) is 6.42 Å². The fourth-order valence-electron chi connectivity index (χ4n) is 1.53. The van der Waals surface area contributed by atoms with Crippen LogP contribution in [-0.2, 0) is 6.42 Å². The van der Waals surface area contributed by atoms with Crippen molar-refractivity contribution in [2.75, 3.05) is 6.54 Å². The Kier molecular flexibility index (Phi) is 4.62. The second-order valence-electron chi connectivity index (χ2n) is 4.39. The highest BCUT2D eigenvalue weighted by molar-refractivity contribution is 5.90. The number of aromatic nitrogens is 3. The lowest BCUT2D eigenvalue weighted by atomic mass is 10.0. The second kappa shape index (κ2) is 5.77. The summed E-state index contributed by atoms with van der Waals surface area (Å²) in [6, 6.07) is 0. The van der Waals surface area contributed by atoms with E-state index in [2.05, 4.69) is 20.5 Å². The van der Waals surface area contributed by atoms with Crippen LogP contribution in [0.1, 0.15) is 50.1 Å². The van der Waals surface area contributed by atoms with Gasteiger partial charge < -0.3 is 10.4 Å². The molecule has 0 aliphatic heterocycles. The van der Waals surface area contributed by atoms with Crippen molar-refractivity contribution >= 4 is 5.91 Å². The number of aliphatic hydroxyl groups is 1. The number of hydrogen-bond acceptors (Lipinski definition) is 4. The van der Waals surface area contributed by atoms with Crippen molar-refractivity contribution < 1.29 is 9.90 Å². The minimum Gasteiger partial charge on any atom is -0.388 e. The molecule has 0 aliphatic rings. The molecule has 1 heterocycles. The van der Waals surface area contributed by atoms with Crippen LogP contribution in [0.15, 0.2) is 0 Å². The first-order chi connectivity index (χ1) is 7.98. The van der Waals surface area contributed by atoms with E-state index in [1.165, 1.54) is 0 Å². The monoisotopic (exact) mass is 240 g/mol. The predicted octanol–water partition coefficient (Wildman–Crippen LogP) is 0.648. The molecule has 3 N–H and O–H groups in total. The van der Waals surface area contributed by atoms with Gasteiger partial charge in [-0.25, -0.2) is 4.98 Å². The number of aromatic amines is 1. The normalized spacial score (nSPS) is 14.4. The Morgan fingerprint density at radius 3 is 2.76 bits per heavy atom. The highest BCUT2D eigenvalue weighted by atomic mass is 16.3. The van der Waals surface area contributed by atoms with Gasteiger partial charge in [0.1, 0.15) is 5.82 Å². The molecule has 1 unspecified atom stereocenters. The molecule has 0 saturated heterocycles. The largest absolute Gasteiger partial charge is 0.388 e. The van der Waals surface area contributed by atoms with E-state index in [-0.39, 0.29) is 18.3 Å². The summed E-state index contributed by atoms with van der Waals surface area (Å²) in [7, 11) is 0. The van der Waals surface area contributed by atoms with Gasteiger partial charge in [0.2, 0.25) is 5.82 Å². The van der Waals surface area contributed by atoms with Crippen LogP contribution < -0.4 is 5.32 Å². The minimum atomic E-state index is -0.881. The Balaban J connectivity index is 2.49. The number of aryl methyl sites for hydroxylation is 1. The number of H-pyrrole nitrogens is 1. The number of hydrogen-bond donors (Lipinski definition) is 3. The lowest BCUT2D eigenvalue weighted by Crippen LogP contribution is -2.40. The van der Waals surface area contributed by atoms with Crippen LogP contribution in [-0.4, -0.2) is 38.3 Å². The van der Waals surface area contributed by atoms with Crippen molar-refractivity contribution in [1.82, 2.24) is 20.5 Å². The number of amides is 1. The smallest absolute Gasteiger partial charge is 0.291 e. The van der Waals surface area contributed by atoms with Gasteiger partial charge in [-0.3, -0.25) is 9.89 Å². The average molecular weight is 240 g/mol. The Labute approximate surface area is 101 Å². The first-order valence-electron chi connectivity index (χ1n) is 5.90. The van der Waals surface area contributed by atoms with E-state index in [1.807, 2.05) is 13.8 Å². The molecular weight excluding hydrogens is 220 g/mol. The topological polar surface area (TPSA) is 90.9 Å². The van der Waals surface area contributed by atoms with E-state index >= 15 is 0 Å². The van der Waals surface area contributed by atoms with Gasteiger partial charge in [-0.15, -0.1) is 5.10 Å². The Morgan fingerprint density at radius 2 is 2.24 bits per heavy atom. The summed E-state index contributed by atoms with van der Waals surface area (Å²) in [5.41, 5.74) is -0.881. The van der Waals surface area contributed by atoms with Crippen molar-refractivity contribution in [3.05, 3.63) is 11.6 Å². The molecule has 1 atom stereocenters. The van der Waals surface area contributed by atoms with E-state index in [4.69, 9.17) is 0 Å². The first-order valence-corrected chi connectivity index (χ1v) is 5.90. The average Bonchev–Trinajstić information content (AvgIpc) is 2.74. The van der Waals surface area contributed by atoms with E-state index in [9.17, 15) is 9.90 Å². The highest BCUT2D eigenvalue weighted by Gasteiger charge is 2.21. The molecule has 1 aromatic rings. The number of carbonyl (C=O) groups is 1. The molecule has 0 aliphatic carbocycles. The van der Waals surface area contributed by atoms with Crippen LogP contribution in [0.5, 0.6) is 0 Å². The number of nitrogens with one attached hydrogen (secondary N) is 2. The van der Waals surface area contributed by atoms with E-state index in [0.29, 0.717) is 18.7 Å². The highest BCUT2D eigenvalue weighted by Crippen LogP contribution is 2.10. The molecule has 0 bridgehead atoms. The molecule has 0 fully saturated rings. The number of carbonyl (C=O) groups excluding carboxylic acids is 1. The van der Waals surface area contributed by atoms with Crippen LogP contribution in [0.3, 0.4) is 0 Å². The molecule has 1 amide bonds. The van der Waals surface area contributed by atoms with E-state index < -0.39 is 5.60 Å². The Morgan fingerprint density at radius 1 is 1.53 bits per heavy atom. The summed E-state index contributed by atoms with van der Waals surface area (Å²) in [4.78, 5) is 15.7. The maximum absolute atomic E-state index is 11.7. The SMILES string of the molecule is CCCC(C)(O)CNC(=O)c1n[nH]c(CC)n1. The Bertz CT molecular complexity index is 373. The summed E-state index contributed by atoms with van der Waals surface area (Å²) in [6.07, 6.45) is 2.21. The van der Waals surface area contributed by atoms with Crippen LogP contribution in [0, 0.1) is 0 Å². The van der Waals surface area contributed by atoms with Crippen LogP contribution in [0.25, 0.3) is 0 Å². The zero-order valence-corrected chi connectivity index (χ0v) is 10.6. The van der Waals surface area contributed by atoms with Gasteiger partial charge in [-0.2, -0.15) is 0 Å². The standard InChI is InChI=1S/C11H20N4O2/c1-4-6-11(3,17)7-12-10(16)9-13-8(5-2)14-15-9/h17H,4-7H2,1-3H3,(H,12,16)(H,13,14,15). The summed E-state index contributed by atoms with van der Waals surface area (Å²) < 4.78 is 0. The minimum absolute atomic E-state index is 0.120. The Hall–Kier alpha value is -1.43. The molecule has 6 heteroatoms. The lowest BCUT2D eigenvalue weighted by Gasteiger charge is -2.22. The number of nitrogens with zero attached hydrogens (tertiary/aromatic N) is 2. The molecule has 1 aromatic heterocycles. The molecule has 96 valence electrons. The molecule has 1 rings (SSSR count). The van der Waals surface area contributed by atoms with Gasteiger partial charge in [0.15, 0.2) is 0 Å². The van der Waals surface area contributed by atoms with Gasteiger partial charge in [0, 0.05) is 13.0 Å². The number of rotatable bonds is 6. The molecule has 0 radical (unpaired) electrons. The fourth-order valence-corrected chi connectivity index (χ4v) is 1.53. The zero-order valence-electron chi connectivity index (χ0n) is 10.6.